The third-order valence-electron chi connectivity index (χ3n) is 9.47. The van der Waals surface area contributed by atoms with Crippen molar-refractivity contribution in [3.8, 4) is 16.2 Å². The maximum absolute atomic E-state index is 14.0. The third kappa shape index (κ3) is 8.28. The van der Waals surface area contributed by atoms with E-state index in [1.54, 1.807) is 20.9 Å². The molecule has 2 saturated heterocycles. The van der Waals surface area contributed by atoms with Gasteiger partial charge in [-0.1, -0.05) is 31.2 Å². The SMILES string of the molecule is Cc1ncsc1-c1ccc(CNC(=O)[C@@H]2C[C@@H](O)CN2C(=O)[C@H](C(C)C)n2cc(C3CC3)nn2)c(OC2CCN(C(=O)OC(C)(C)C)CC2)c1. The number of hydrogen-bond donors (Lipinski definition) is 2. The minimum absolute atomic E-state index is 0.0730. The van der Waals surface area contributed by atoms with E-state index in [9.17, 15) is 19.5 Å². The van der Waals surface area contributed by atoms with Gasteiger partial charge in [0.05, 0.1) is 27.9 Å². The number of carbonyl (C=O) groups excluding carboxylic acids is 3. The lowest BCUT2D eigenvalue weighted by atomic mass is 10.0. The zero-order valence-corrected chi connectivity index (χ0v) is 30.6. The van der Waals surface area contributed by atoms with Crippen molar-refractivity contribution in [3.63, 3.8) is 0 Å². The Morgan fingerprint density at radius 2 is 1.86 bits per heavy atom. The molecule has 2 aromatic heterocycles. The quantitative estimate of drug-likeness (QED) is 0.302. The number of β-amino-alcohol motifs (C(OH)–C–C–N with tert-alkyl or cyclic N) is 1. The van der Waals surface area contributed by atoms with Gasteiger partial charge in [-0.15, -0.1) is 16.4 Å². The number of piperidine rings is 1. The lowest BCUT2D eigenvalue weighted by molar-refractivity contribution is -0.142. The standard InChI is InChI=1S/C36H49N7O6S/c1-21(2)31(43-19-28(39-40-43)23-7-8-23)34(46)42-18-26(44)16-29(42)33(45)37-17-25-10-9-24(32-22(3)38-20-50-32)15-30(25)48-27-11-13-41(14-12-27)35(47)49-36(4,5)6/h9-10,15,19-21,23,26-27,29,31,44H,7-8,11-14,16-18H2,1-6H3,(H,37,45)/t26-,29+,31+/m1/s1. The van der Waals surface area contributed by atoms with E-state index in [1.165, 1.54) is 4.90 Å². The van der Waals surface area contributed by atoms with Crippen molar-refractivity contribution in [2.45, 2.75) is 116 Å². The molecule has 0 bridgehead atoms. The van der Waals surface area contributed by atoms with E-state index in [4.69, 9.17) is 9.47 Å². The van der Waals surface area contributed by atoms with E-state index in [0.29, 0.717) is 37.6 Å². The first kappa shape index (κ1) is 35.8. The van der Waals surface area contributed by atoms with Crippen LogP contribution in [-0.4, -0.2) is 96.3 Å². The van der Waals surface area contributed by atoms with Gasteiger partial charge in [0.2, 0.25) is 11.8 Å². The normalized spacial score (nSPS) is 20.6. The number of hydrogen-bond acceptors (Lipinski definition) is 10. The average Bonchev–Trinajstić information content (AvgIpc) is 3.42. The fourth-order valence-electron chi connectivity index (χ4n) is 6.67. The summed E-state index contributed by atoms with van der Waals surface area (Å²) in [4.78, 5) is 49.0. The van der Waals surface area contributed by atoms with Crippen LogP contribution in [0.1, 0.15) is 95.6 Å². The third-order valence-corrected chi connectivity index (χ3v) is 10.5. The summed E-state index contributed by atoms with van der Waals surface area (Å²) in [6.07, 6.45) is 4.15. The van der Waals surface area contributed by atoms with Crippen molar-refractivity contribution in [3.05, 3.63) is 46.9 Å². The molecule has 13 nitrogen and oxygen atoms in total. The van der Waals surface area contributed by atoms with Gasteiger partial charge in [-0.3, -0.25) is 9.59 Å². The number of aliphatic hydroxyl groups excluding tert-OH is 1. The highest BCUT2D eigenvalue weighted by Crippen LogP contribution is 2.39. The molecule has 3 fully saturated rings. The van der Waals surface area contributed by atoms with Crippen molar-refractivity contribution in [1.29, 1.82) is 0 Å². The number of nitrogens with zero attached hydrogens (tertiary/aromatic N) is 6. The topological polar surface area (TPSA) is 152 Å². The summed E-state index contributed by atoms with van der Waals surface area (Å²) in [6.45, 7) is 12.7. The van der Waals surface area contributed by atoms with Crippen LogP contribution in [0.2, 0.25) is 0 Å². The Morgan fingerprint density at radius 1 is 1.12 bits per heavy atom. The van der Waals surface area contributed by atoms with Crippen LogP contribution in [0.5, 0.6) is 5.75 Å². The minimum Gasteiger partial charge on any atom is -0.490 e. The molecule has 1 saturated carbocycles. The van der Waals surface area contributed by atoms with Gasteiger partial charge >= 0.3 is 6.09 Å². The van der Waals surface area contributed by atoms with Crippen LogP contribution < -0.4 is 10.1 Å². The maximum Gasteiger partial charge on any atom is 0.410 e. The highest BCUT2D eigenvalue weighted by molar-refractivity contribution is 7.13. The van der Waals surface area contributed by atoms with Crippen LogP contribution in [0.4, 0.5) is 4.79 Å². The van der Waals surface area contributed by atoms with Crippen molar-refractivity contribution >= 4 is 29.2 Å². The van der Waals surface area contributed by atoms with Crippen LogP contribution in [0.3, 0.4) is 0 Å². The number of aryl methyl sites for hydroxylation is 1. The maximum atomic E-state index is 14.0. The largest absolute Gasteiger partial charge is 0.490 e. The molecule has 1 aromatic carbocycles. The summed E-state index contributed by atoms with van der Waals surface area (Å²) in [5, 5.41) is 22.3. The van der Waals surface area contributed by atoms with Crippen molar-refractivity contribution in [2.75, 3.05) is 19.6 Å². The molecule has 2 N–H and O–H groups in total. The molecule has 4 heterocycles. The Hall–Kier alpha value is -4.04. The summed E-state index contributed by atoms with van der Waals surface area (Å²) >= 11 is 1.55. The molecule has 6 rings (SSSR count). The number of ether oxygens (including phenoxy) is 2. The number of aliphatic hydroxyl groups is 1. The molecular weight excluding hydrogens is 659 g/mol. The number of aromatic nitrogens is 4. The molecule has 3 aliphatic rings. The zero-order valence-electron chi connectivity index (χ0n) is 29.8. The van der Waals surface area contributed by atoms with Gasteiger partial charge in [0.1, 0.15) is 29.5 Å². The lowest BCUT2D eigenvalue weighted by Gasteiger charge is -2.34. The number of likely N-dealkylation sites (tertiary alicyclic amines) is 2. The molecule has 0 unspecified atom stereocenters. The second-order valence-electron chi connectivity index (χ2n) is 15.1. The van der Waals surface area contributed by atoms with Gasteiger partial charge < -0.3 is 29.7 Å². The fourth-order valence-corrected chi connectivity index (χ4v) is 7.47. The number of benzene rings is 1. The average molecular weight is 708 g/mol. The van der Waals surface area contributed by atoms with E-state index in [1.807, 2.05) is 71.4 Å². The molecule has 3 atom stereocenters. The molecule has 3 aromatic rings. The van der Waals surface area contributed by atoms with Gasteiger partial charge in [0.15, 0.2) is 0 Å². The van der Waals surface area contributed by atoms with E-state index in [0.717, 1.165) is 40.2 Å². The first-order valence-corrected chi connectivity index (χ1v) is 18.5. The first-order chi connectivity index (χ1) is 23.8. The van der Waals surface area contributed by atoms with Gasteiger partial charge in [-0.25, -0.2) is 14.5 Å². The highest BCUT2D eigenvalue weighted by Gasteiger charge is 2.43. The predicted octanol–water partition coefficient (Wildman–Crippen LogP) is 4.84. The van der Waals surface area contributed by atoms with Gasteiger partial charge in [0.25, 0.3) is 0 Å². The van der Waals surface area contributed by atoms with E-state index in [2.05, 4.69) is 20.6 Å². The van der Waals surface area contributed by atoms with Crippen LogP contribution in [0.15, 0.2) is 29.9 Å². The fraction of sp³-hybridized carbons (Fsp3) is 0.611. The van der Waals surface area contributed by atoms with Crippen molar-refractivity contribution in [2.24, 2.45) is 5.92 Å². The summed E-state index contributed by atoms with van der Waals surface area (Å²) in [5.74, 6) is 0.346. The van der Waals surface area contributed by atoms with Crippen LogP contribution >= 0.6 is 11.3 Å². The molecule has 0 spiro atoms. The van der Waals surface area contributed by atoms with Crippen LogP contribution in [0, 0.1) is 12.8 Å². The summed E-state index contributed by atoms with van der Waals surface area (Å²) in [7, 11) is 0. The Bertz CT molecular complexity index is 1690. The summed E-state index contributed by atoms with van der Waals surface area (Å²) in [5.41, 5.74) is 4.81. The van der Waals surface area contributed by atoms with Crippen LogP contribution in [0.25, 0.3) is 10.4 Å². The minimum atomic E-state index is -0.828. The van der Waals surface area contributed by atoms with Crippen molar-refractivity contribution < 1.29 is 29.0 Å². The van der Waals surface area contributed by atoms with Gasteiger partial charge in [-0.2, -0.15) is 0 Å². The smallest absolute Gasteiger partial charge is 0.410 e. The number of nitrogens with one attached hydrogen (secondary N) is 1. The van der Waals surface area contributed by atoms with E-state index in [-0.39, 0.29) is 49.4 Å². The monoisotopic (exact) mass is 707 g/mol. The van der Waals surface area contributed by atoms with E-state index < -0.39 is 23.8 Å². The zero-order chi connectivity index (χ0) is 35.7. The summed E-state index contributed by atoms with van der Waals surface area (Å²) in [6, 6.07) is 4.46. The lowest BCUT2D eigenvalue weighted by Crippen LogP contribution is -2.49. The molecular formula is C36H49N7O6S. The molecule has 2 aliphatic heterocycles. The molecule has 50 heavy (non-hydrogen) atoms. The Balaban J connectivity index is 1.15. The molecule has 0 radical (unpaired) electrons. The summed E-state index contributed by atoms with van der Waals surface area (Å²) < 4.78 is 13.8. The Labute approximate surface area is 297 Å². The first-order valence-electron chi connectivity index (χ1n) is 17.6. The molecule has 3 amide bonds. The number of carbonyl (C=O) groups is 3. The number of thiazole rings is 1. The second-order valence-corrected chi connectivity index (χ2v) is 15.9. The van der Waals surface area contributed by atoms with Gasteiger partial charge in [-0.05, 0) is 58.1 Å². The van der Waals surface area contributed by atoms with Gasteiger partial charge in [0, 0.05) is 63.1 Å². The predicted molar refractivity (Wildman–Crippen MR) is 188 cm³/mol. The number of rotatable bonds is 10. The molecule has 14 heteroatoms. The molecule has 270 valence electrons. The van der Waals surface area contributed by atoms with E-state index >= 15 is 0 Å². The highest BCUT2D eigenvalue weighted by atomic mass is 32.1. The Morgan fingerprint density at radius 3 is 2.50 bits per heavy atom. The van der Waals surface area contributed by atoms with Crippen LogP contribution in [-0.2, 0) is 20.9 Å². The van der Waals surface area contributed by atoms with Crippen molar-refractivity contribution in [1.82, 2.24) is 35.1 Å². The second kappa shape index (κ2) is 14.7. The molecule has 1 aliphatic carbocycles. The Kier molecular flexibility index (Phi) is 10.5. The number of amides is 3.